The molecule has 1 N–H and O–H groups in total. The molecule has 1 aliphatic carbocycles. The summed E-state index contributed by atoms with van der Waals surface area (Å²) < 4.78 is 1.88. The molecule has 1 heterocycles. The van der Waals surface area contributed by atoms with Gasteiger partial charge in [0.25, 0.3) is 0 Å². The van der Waals surface area contributed by atoms with E-state index in [-0.39, 0.29) is 0 Å². The van der Waals surface area contributed by atoms with Crippen molar-refractivity contribution in [1.82, 2.24) is 20.1 Å². The highest BCUT2D eigenvalue weighted by Gasteiger charge is 2.23. The lowest BCUT2D eigenvalue weighted by Gasteiger charge is -2.20. The first-order valence-corrected chi connectivity index (χ1v) is 6.90. The lowest BCUT2D eigenvalue weighted by molar-refractivity contribution is 0.397. The van der Waals surface area contributed by atoms with E-state index in [1.165, 1.54) is 29.5 Å². The summed E-state index contributed by atoms with van der Waals surface area (Å²) in [4.78, 5) is 3.98. The molecule has 0 aliphatic heterocycles. The van der Waals surface area contributed by atoms with Crippen molar-refractivity contribution in [3.8, 4) is 0 Å². The summed E-state index contributed by atoms with van der Waals surface area (Å²) in [5.41, 5.74) is 4.32. The average Bonchev–Trinajstić information content (AvgIpc) is 3.00. The minimum Gasteiger partial charge on any atom is -0.306 e. The number of nitrogens with one attached hydrogen (secondary N) is 1. The van der Waals surface area contributed by atoms with Crippen LogP contribution in [0.2, 0.25) is 0 Å². The molecule has 0 saturated carbocycles. The summed E-state index contributed by atoms with van der Waals surface area (Å²) in [6.07, 6.45) is 5.73. The average molecular weight is 256 g/mol. The Balaban J connectivity index is 1.67. The van der Waals surface area contributed by atoms with E-state index >= 15 is 0 Å². The molecule has 0 fully saturated rings. The van der Waals surface area contributed by atoms with E-state index in [1.807, 2.05) is 4.68 Å². The van der Waals surface area contributed by atoms with E-state index in [2.05, 4.69) is 47.4 Å². The molecule has 2 atom stereocenters. The maximum absolute atomic E-state index is 4.15. The summed E-state index contributed by atoms with van der Waals surface area (Å²) in [5, 5.41) is 7.87. The number of benzene rings is 1. The zero-order valence-corrected chi connectivity index (χ0v) is 11.5. The number of rotatable bonds is 4. The molecule has 1 aliphatic rings. The monoisotopic (exact) mass is 256 g/mol. The van der Waals surface area contributed by atoms with E-state index < -0.39 is 0 Å². The van der Waals surface area contributed by atoms with Crippen LogP contribution in [-0.2, 0) is 13.0 Å². The molecule has 0 spiro atoms. The van der Waals surface area contributed by atoms with Crippen molar-refractivity contribution < 1.29 is 0 Å². The van der Waals surface area contributed by atoms with E-state index in [4.69, 9.17) is 0 Å². The molecule has 4 nitrogen and oxygen atoms in total. The second kappa shape index (κ2) is 5.13. The Bertz CT molecular complexity index is 547. The number of fused-ring (bicyclic) bond motifs is 1. The maximum Gasteiger partial charge on any atom is 0.137 e. The summed E-state index contributed by atoms with van der Waals surface area (Å²) in [6.45, 7) is 5.22. The SMILES string of the molecule is Cc1ccc2c(c1)[C@H](N[C@@H](C)Cn1cncn1)CC2. The molecule has 1 aromatic carbocycles. The van der Waals surface area contributed by atoms with E-state index in [1.54, 1.807) is 12.7 Å². The van der Waals surface area contributed by atoms with Gasteiger partial charge in [-0.25, -0.2) is 4.98 Å². The van der Waals surface area contributed by atoms with Gasteiger partial charge in [-0.3, -0.25) is 4.68 Å². The second-order valence-electron chi connectivity index (χ2n) is 5.48. The van der Waals surface area contributed by atoms with Crippen LogP contribution in [0.15, 0.2) is 30.9 Å². The van der Waals surface area contributed by atoms with Crippen LogP contribution in [0, 0.1) is 6.92 Å². The number of hydrogen-bond acceptors (Lipinski definition) is 3. The Morgan fingerprint density at radius 1 is 1.47 bits per heavy atom. The molecular weight excluding hydrogens is 236 g/mol. The fraction of sp³-hybridized carbons (Fsp3) is 0.467. The van der Waals surface area contributed by atoms with Crippen LogP contribution in [0.25, 0.3) is 0 Å². The third-order valence-electron chi connectivity index (χ3n) is 3.79. The highest BCUT2D eigenvalue weighted by atomic mass is 15.3. The molecule has 2 aromatic rings. The Kier molecular flexibility index (Phi) is 3.34. The van der Waals surface area contributed by atoms with Gasteiger partial charge in [0.1, 0.15) is 12.7 Å². The number of hydrogen-bond donors (Lipinski definition) is 1. The van der Waals surface area contributed by atoms with Crippen molar-refractivity contribution in [2.75, 3.05) is 0 Å². The van der Waals surface area contributed by atoms with Crippen LogP contribution in [0.1, 0.15) is 36.1 Å². The van der Waals surface area contributed by atoms with Gasteiger partial charge in [-0.05, 0) is 37.8 Å². The van der Waals surface area contributed by atoms with Crippen LogP contribution in [0.5, 0.6) is 0 Å². The van der Waals surface area contributed by atoms with Gasteiger partial charge in [0.15, 0.2) is 0 Å². The van der Waals surface area contributed by atoms with Crippen molar-refractivity contribution in [2.24, 2.45) is 0 Å². The smallest absolute Gasteiger partial charge is 0.137 e. The minimum absolute atomic E-state index is 0.387. The molecule has 0 bridgehead atoms. The first-order valence-electron chi connectivity index (χ1n) is 6.90. The normalized spacial score (nSPS) is 19.4. The van der Waals surface area contributed by atoms with Gasteiger partial charge < -0.3 is 5.32 Å². The molecule has 0 saturated heterocycles. The van der Waals surface area contributed by atoms with Crippen LogP contribution in [0.4, 0.5) is 0 Å². The predicted molar refractivity (Wildman–Crippen MR) is 74.9 cm³/mol. The van der Waals surface area contributed by atoms with Crippen molar-refractivity contribution in [3.05, 3.63) is 47.5 Å². The fourth-order valence-electron chi connectivity index (χ4n) is 2.90. The Hall–Kier alpha value is -1.68. The maximum atomic E-state index is 4.15. The second-order valence-corrected chi connectivity index (χ2v) is 5.48. The van der Waals surface area contributed by atoms with E-state index in [0.29, 0.717) is 12.1 Å². The van der Waals surface area contributed by atoms with Gasteiger partial charge in [-0.15, -0.1) is 0 Å². The van der Waals surface area contributed by atoms with Gasteiger partial charge in [0, 0.05) is 12.1 Å². The largest absolute Gasteiger partial charge is 0.306 e. The van der Waals surface area contributed by atoms with Gasteiger partial charge in [0.05, 0.1) is 6.54 Å². The van der Waals surface area contributed by atoms with E-state index in [9.17, 15) is 0 Å². The number of nitrogens with zero attached hydrogens (tertiary/aromatic N) is 3. The zero-order valence-electron chi connectivity index (χ0n) is 11.5. The third-order valence-corrected chi connectivity index (χ3v) is 3.79. The molecule has 19 heavy (non-hydrogen) atoms. The van der Waals surface area contributed by atoms with Crippen LogP contribution >= 0.6 is 0 Å². The minimum atomic E-state index is 0.387. The topological polar surface area (TPSA) is 42.7 Å². The highest BCUT2D eigenvalue weighted by Crippen LogP contribution is 2.32. The van der Waals surface area contributed by atoms with Gasteiger partial charge in [-0.1, -0.05) is 23.8 Å². The Labute approximate surface area is 113 Å². The molecule has 0 unspecified atom stereocenters. The highest BCUT2D eigenvalue weighted by molar-refractivity contribution is 5.37. The first-order chi connectivity index (χ1) is 9.22. The Morgan fingerprint density at radius 2 is 2.37 bits per heavy atom. The number of aryl methyl sites for hydroxylation is 2. The fourth-order valence-corrected chi connectivity index (χ4v) is 2.90. The van der Waals surface area contributed by atoms with Crippen molar-refractivity contribution in [3.63, 3.8) is 0 Å². The van der Waals surface area contributed by atoms with Gasteiger partial charge in [0.2, 0.25) is 0 Å². The zero-order chi connectivity index (χ0) is 13.2. The lowest BCUT2D eigenvalue weighted by Crippen LogP contribution is -2.33. The molecule has 0 amide bonds. The Morgan fingerprint density at radius 3 is 3.16 bits per heavy atom. The quantitative estimate of drug-likeness (QED) is 0.912. The van der Waals surface area contributed by atoms with Crippen LogP contribution < -0.4 is 5.32 Å². The summed E-state index contributed by atoms with van der Waals surface area (Å²) >= 11 is 0. The molecule has 100 valence electrons. The van der Waals surface area contributed by atoms with E-state index in [0.717, 1.165) is 6.54 Å². The standard InChI is InChI=1S/C15H20N4/c1-11-3-4-13-5-6-15(14(13)7-11)18-12(2)8-19-10-16-9-17-19/h3-4,7,9-10,12,15,18H,5-6,8H2,1-2H3/t12-,15+/m0/s1. The van der Waals surface area contributed by atoms with Crippen molar-refractivity contribution in [2.45, 2.75) is 45.3 Å². The van der Waals surface area contributed by atoms with Crippen molar-refractivity contribution >= 4 is 0 Å². The van der Waals surface area contributed by atoms with Crippen LogP contribution in [-0.4, -0.2) is 20.8 Å². The molecule has 3 rings (SSSR count). The summed E-state index contributed by atoms with van der Waals surface area (Å²) in [5.74, 6) is 0. The predicted octanol–water partition coefficient (Wildman–Crippen LogP) is 2.25. The molecular formula is C15H20N4. The van der Waals surface area contributed by atoms with Crippen LogP contribution in [0.3, 0.4) is 0 Å². The summed E-state index contributed by atoms with van der Waals surface area (Å²) in [6, 6.07) is 7.67. The number of aromatic nitrogens is 3. The molecule has 1 aromatic heterocycles. The van der Waals surface area contributed by atoms with Gasteiger partial charge in [-0.2, -0.15) is 5.10 Å². The molecule has 4 heteroatoms. The molecule has 0 radical (unpaired) electrons. The third kappa shape index (κ3) is 2.68. The van der Waals surface area contributed by atoms with Gasteiger partial charge >= 0.3 is 0 Å². The summed E-state index contributed by atoms with van der Waals surface area (Å²) in [7, 11) is 0. The lowest BCUT2D eigenvalue weighted by atomic mass is 10.0. The van der Waals surface area contributed by atoms with Crippen molar-refractivity contribution in [1.29, 1.82) is 0 Å². The first kappa shape index (κ1) is 12.4.